The third-order valence-corrected chi connectivity index (χ3v) is 11.2. The fraction of sp³-hybridized carbons (Fsp3) is 0.792. The highest BCUT2D eigenvalue weighted by Crippen LogP contribution is 2.15. The van der Waals surface area contributed by atoms with Crippen LogP contribution >= 0.6 is 0 Å². The largest absolute Gasteiger partial charge is 0.477 e. The van der Waals surface area contributed by atoms with E-state index in [1.165, 1.54) is 109 Å². The number of allylic oxidation sites excluding steroid dienone is 8. The summed E-state index contributed by atoms with van der Waals surface area (Å²) in [6, 6.07) is -0.618. The maximum absolute atomic E-state index is 12.8. The van der Waals surface area contributed by atoms with Gasteiger partial charge < -0.3 is 23.8 Å². The average molecular weight is 859 g/mol. The third kappa shape index (κ3) is 42.4. The van der Waals surface area contributed by atoms with E-state index < -0.39 is 18.1 Å². The van der Waals surface area contributed by atoms with Crippen LogP contribution < -0.4 is 0 Å². The number of likely N-dealkylation sites (N-methyl/N-ethyl adjacent to an activating group) is 1. The normalized spacial score (nSPS) is 13.3. The van der Waals surface area contributed by atoms with E-state index in [-0.39, 0.29) is 36.2 Å². The number of esters is 2. The predicted molar refractivity (Wildman–Crippen MR) is 257 cm³/mol. The van der Waals surface area contributed by atoms with Crippen molar-refractivity contribution >= 4 is 17.9 Å². The fourth-order valence-corrected chi connectivity index (χ4v) is 7.31. The summed E-state index contributed by atoms with van der Waals surface area (Å²) in [5.41, 5.74) is 0. The van der Waals surface area contributed by atoms with Crippen LogP contribution in [0.15, 0.2) is 48.6 Å². The number of nitrogens with zero attached hydrogens (tertiary/aromatic N) is 1. The van der Waals surface area contributed by atoms with E-state index in [4.69, 9.17) is 14.2 Å². The van der Waals surface area contributed by atoms with Gasteiger partial charge in [-0.25, -0.2) is 4.79 Å². The van der Waals surface area contributed by atoms with Gasteiger partial charge in [-0.2, -0.15) is 0 Å². The zero-order valence-corrected chi connectivity index (χ0v) is 40.4. The number of carbonyl (C=O) groups excluding carboxylic acids is 2. The number of carboxylic acids is 1. The van der Waals surface area contributed by atoms with Crippen molar-refractivity contribution in [1.29, 1.82) is 0 Å². The molecule has 61 heavy (non-hydrogen) atoms. The Bertz CT molecular complexity index is 1140. The number of carbonyl (C=O) groups is 3. The minimum Gasteiger partial charge on any atom is -0.477 e. The van der Waals surface area contributed by atoms with Crippen molar-refractivity contribution in [1.82, 2.24) is 0 Å². The van der Waals surface area contributed by atoms with E-state index in [2.05, 4.69) is 62.5 Å². The first-order valence-electron chi connectivity index (χ1n) is 25.2. The molecule has 8 heteroatoms. The second kappa shape index (κ2) is 43.9. The molecule has 0 bridgehead atoms. The van der Waals surface area contributed by atoms with Crippen molar-refractivity contribution in [2.75, 3.05) is 41.0 Å². The van der Waals surface area contributed by atoms with E-state index in [1.54, 1.807) is 0 Å². The second-order valence-electron chi connectivity index (χ2n) is 18.1. The smallest absolute Gasteiger partial charge is 0.362 e. The molecule has 0 saturated carbocycles. The molecule has 0 fully saturated rings. The van der Waals surface area contributed by atoms with Crippen LogP contribution in [-0.2, 0) is 28.6 Å². The molecule has 0 aliphatic carbocycles. The molecule has 2 atom stereocenters. The first-order chi connectivity index (χ1) is 29.6. The summed E-state index contributed by atoms with van der Waals surface area (Å²) in [7, 11) is 5.53. The highest BCUT2D eigenvalue weighted by atomic mass is 16.6. The molecule has 0 rings (SSSR count). The van der Waals surface area contributed by atoms with Crippen molar-refractivity contribution in [3.05, 3.63) is 48.6 Å². The molecule has 0 radical (unpaired) electrons. The van der Waals surface area contributed by atoms with Gasteiger partial charge in [0.1, 0.15) is 6.61 Å². The lowest BCUT2D eigenvalue weighted by atomic mass is 10.0. The van der Waals surface area contributed by atoms with E-state index in [9.17, 15) is 19.5 Å². The van der Waals surface area contributed by atoms with Crippen molar-refractivity contribution in [2.45, 2.75) is 231 Å². The molecule has 0 amide bonds. The molecule has 354 valence electrons. The van der Waals surface area contributed by atoms with Gasteiger partial charge in [-0.05, 0) is 57.8 Å². The number of hydrogen-bond donors (Lipinski definition) is 1. The lowest BCUT2D eigenvalue weighted by molar-refractivity contribution is -0.887. The van der Waals surface area contributed by atoms with E-state index >= 15 is 0 Å². The summed E-state index contributed by atoms with van der Waals surface area (Å²) < 4.78 is 17.3. The summed E-state index contributed by atoms with van der Waals surface area (Å²) in [6.45, 7) is 4.71. The first-order valence-corrected chi connectivity index (χ1v) is 25.2. The zero-order chi connectivity index (χ0) is 44.9. The average Bonchev–Trinajstić information content (AvgIpc) is 3.22. The van der Waals surface area contributed by atoms with Crippen LogP contribution in [-0.4, -0.2) is 80.6 Å². The van der Waals surface area contributed by atoms with Crippen molar-refractivity contribution in [3.8, 4) is 0 Å². The van der Waals surface area contributed by atoms with Crippen LogP contribution in [0.5, 0.6) is 0 Å². The van der Waals surface area contributed by atoms with Gasteiger partial charge >= 0.3 is 17.9 Å². The Morgan fingerprint density at radius 3 is 1.31 bits per heavy atom. The number of quaternary nitrogens is 1. The summed E-state index contributed by atoms with van der Waals surface area (Å²) in [5.74, 6) is -1.48. The molecule has 0 aliphatic rings. The quantitative estimate of drug-likeness (QED) is 0.0282. The molecule has 1 N–H and O–H groups in total. The van der Waals surface area contributed by atoms with Gasteiger partial charge in [-0.3, -0.25) is 9.59 Å². The van der Waals surface area contributed by atoms with Gasteiger partial charge in [0.05, 0.1) is 34.4 Å². The Labute approximate surface area is 376 Å². The molecule has 0 aromatic rings. The van der Waals surface area contributed by atoms with E-state index in [1.807, 2.05) is 21.1 Å². The van der Waals surface area contributed by atoms with E-state index in [0.717, 1.165) is 77.0 Å². The van der Waals surface area contributed by atoms with Crippen molar-refractivity contribution < 1.29 is 38.2 Å². The summed E-state index contributed by atoms with van der Waals surface area (Å²) in [6.07, 6.45) is 52.9. The molecule has 8 nitrogen and oxygen atoms in total. The molecule has 2 unspecified atom stereocenters. The van der Waals surface area contributed by atoms with Gasteiger partial charge in [0.25, 0.3) is 0 Å². The van der Waals surface area contributed by atoms with Crippen molar-refractivity contribution in [2.24, 2.45) is 0 Å². The molecule has 0 aromatic carbocycles. The lowest BCUT2D eigenvalue weighted by Gasteiger charge is -2.31. The lowest BCUT2D eigenvalue weighted by Crippen LogP contribution is -2.50. The number of hydrogen-bond acceptors (Lipinski definition) is 6. The minimum absolute atomic E-state index is 0.0564. The molecule has 0 aromatic heterocycles. The minimum atomic E-state index is -0.877. The van der Waals surface area contributed by atoms with Crippen LogP contribution in [0.3, 0.4) is 0 Å². The van der Waals surface area contributed by atoms with Gasteiger partial charge in [0.2, 0.25) is 0 Å². The van der Waals surface area contributed by atoms with Crippen LogP contribution in [0, 0.1) is 0 Å². The second-order valence-corrected chi connectivity index (χ2v) is 18.1. The molecular formula is C53H96NO7+. The number of aliphatic carboxylic acids is 1. The molecule has 0 heterocycles. The molecule has 0 saturated heterocycles. The first kappa shape index (κ1) is 58.3. The van der Waals surface area contributed by atoms with Gasteiger partial charge in [-0.15, -0.1) is 0 Å². The van der Waals surface area contributed by atoms with Crippen LogP contribution in [0.25, 0.3) is 0 Å². The Morgan fingerprint density at radius 1 is 0.492 bits per heavy atom. The maximum atomic E-state index is 12.8. The van der Waals surface area contributed by atoms with E-state index in [0.29, 0.717) is 19.3 Å². The van der Waals surface area contributed by atoms with Crippen LogP contribution in [0.4, 0.5) is 0 Å². The predicted octanol–water partition coefficient (Wildman–Crippen LogP) is 14.4. The monoisotopic (exact) mass is 859 g/mol. The van der Waals surface area contributed by atoms with Gasteiger partial charge in [0, 0.05) is 19.3 Å². The maximum Gasteiger partial charge on any atom is 0.362 e. The van der Waals surface area contributed by atoms with Crippen LogP contribution in [0.2, 0.25) is 0 Å². The summed E-state index contributed by atoms with van der Waals surface area (Å²) in [4.78, 5) is 37.1. The summed E-state index contributed by atoms with van der Waals surface area (Å²) in [5, 5.41) is 9.65. The van der Waals surface area contributed by atoms with Gasteiger partial charge in [-0.1, -0.05) is 191 Å². The highest BCUT2D eigenvalue weighted by Gasteiger charge is 2.31. The topological polar surface area (TPSA) is 99.1 Å². The zero-order valence-electron chi connectivity index (χ0n) is 40.4. The third-order valence-electron chi connectivity index (χ3n) is 11.2. The molecule has 0 spiro atoms. The summed E-state index contributed by atoms with van der Waals surface area (Å²) >= 11 is 0. The molecular weight excluding hydrogens is 763 g/mol. The fourth-order valence-electron chi connectivity index (χ4n) is 7.31. The highest BCUT2D eigenvalue weighted by molar-refractivity contribution is 5.72. The standard InChI is InChI=1S/C53H95NO7/c1-6-8-10-12-14-16-18-20-22-24-25-26-27-28-30-31-33-35-37-39-41-43-51(55)60-48-49(47-59-46-45-50(53(57)58)54(3,4)5)61-52(56)44-42-40-38-36-34-32-29-23-21-19-17-15-13-11-9-7-2/h14,16,20,22,25-26,28,30,49-50H,6-13,15,17-19,21,23-24,27,29,31-48H2,1-5H3/p+1/b16-14+,22-20+,26-25+,30-28+. The Kier molecular flexibility index (Phi) is 42.0. The van der Waals surface area contributed by atoms with Crippen LogP contribution in [0.1, 0.15) is 219 Å². The Hall–Kier alpha value is -2.71. The Balaban J connectivity index is 4.29. The number of carboxylic acid groups (broad SMARTS) is 1. The number of unbranched alkanes of at least 4 members (excludes halogenated alkanes) is 23. The SMILES string of the molecule is CCCCC/C=C/C/C=C/C/C=C/C/C=C/CCCCCCCC(=O)OCC(COCCC(C(=O)O)[N+](C)(C)C)OC(=O)CCCCCCCCCCCCCCCCCC. The van der Waals surface area contributed by atoms with Crippen molar-refractivity contribution in [3.63, 3.8) is 0 Å². The molecule has 0 aliphatic heterocycles. The Morgan fingerprint density at radius 2 is 0.869 bits per heavy atom. The number of rotatable bonds is 45. The number of ether oxygens (including phenoxy) is 3. The van der Waals surface area contributed by atoms with Gasteiger partial charge in [0.15, 0.2) is 12.1 Å².